The van der Waals surface area contributed by atoms with Gasteiger partial charge in [0.2, 0.25) is 5.91 Å². The van der Waals surface area contributed by atoms with Gasteiger partial charge in [-0.1, -0.05) is 55.5 Å². The summed E-state index contributed by atoms with van der Waals surface area (Å²) in [6, 6.07) is 15.9. The van der Waals surface area contributed by atoms with E-state index in [1.807, 2.05) is 31.2 Å². The van der Waals surface area contributed by atoms with Gasteiger partial charge in [0.15, 0.2) is 6.10 Å². The number of aliphatic carboxylic acids is 1. The number of rotatable bonds is 9. The van der Waals surface area contributed by atoms with Gasteiger partial charge in [-0.3, -0.25) is 4.79 Å². The molecule has 2 aromatic rings. The van der Waals surface area contributed by atoms with Crippen LogP contribution in [-0.2, 0) is 19.1 Å². The average molecular weight is 467 g/mol. The molecule has 1 fully saturated rings. The van der Waals surface area contributed by atoms with Crippen LogP contribution >= 0.6 is 0 Å². The van der Waals surface area contributed by atoms with Gasteiger partial charge < -0.3 is 25.2 Å². The Hall–Kier alpha value is -3.39. The van der Waals surface area contributed by atoms with Crippen LogP contribution in [0.25, 0.3) is 11.1 Å². The van der Waals surface area contributed by atoms with Crippen LogP contribution < -0.4 is 10.6 Å². The number of carboxylic acids is 1. The summed E-state index contributed by atoms with van der Waals surface area (Å²) in [4.78, 5) is 36.1. The number of carboxylic acid groups (broad SMARTS) is 1. The van der Waals surface area contributed by atoms with Gasteiger partial charge in [0.05, 0.1) is 0 Å². The summed E-state index contributed by atoms with van der Waals surface area (Å²) >= 11 is 0. The third kappa shape index (κ3) is 5.22. The first kappa shape index (κ1) is 23.8. The van der Waals surface area contributed by atoms with Gasteiger partial charge in [-0.05, 0) is 35.1 Å². The molecule has 0 bridgehead atoms. The second-order valence-electron chi connectivity index (χ2n) is 8.76. The molecule has 2 amide bonds. The van der Waals surface area contributed by atoms with Crippen LogP contribution in [0.4, 0.5) is 4.79 Å². The molecule has 2 aliphatic rings. The number of hydrogen-bond acceptors (Lipinski definition) is 5. The maximum Gasteiger partial charge on any atom is 0.407 e. The lowest BCUT2D eigenvalue weighted by molar-refractivity contribution is -0.149. The van der Waals surface area contributed by atoms with Crippen molar-refractivity contribution >= 4 is 18.0 Å². The van der Waals surface area contributed by atoms with Crippen molar-refractivity contribution < 1.29 is 29.0 Å². The molecular weight excluding hydrogens is 436 g/mol. The van der Waals surface area contributed by atoms with Gasteiger partial charge in [-0.2, -0.15) is 0 Å². The highest BCUT2D eigenvalue weighted by Gasteiger charge is 2.34. The Kier molecular flexibility index (Phi) is 7.47. The first-order chi connectivity index (χ1) is 16.5. The summed E-state index contributed by atoms with van der Waals surface area (Å²) in [5.74, 6) is -1.55. The summed E-state index contributed by atoms with van der Waals surface area (Å²) in [6.45, 7) is 2.70. The number of hydrogen-bond donors (Lipinski definition) is 3. The van der Waals surface area contributed by atoms with Gasteiger partial charge in [0.1, 0.15) is 6.61 Å². The molecule has 1 aliphatic heterocycles. The Morgan fingerprint density at radius 2 is 1.74 bits per heavy atom. The van der Waals surface area contributed by atoms with Crippen LogP contribution in [-0.4, -0.2) is 55.0 Å². The van der Waals surface area contributed by atoms with E-state index in [9.17, 15) is 19.5 Å². The lowest BCUT2D eigenvalue weighted by atomic mass is 9.98. The number of amides is 2. The van der Waals surface area contributed by atoms with Gasteiger partial charge in [-0.15, -0.1) is 0 Å². The summed E-state index contributed by atoms with van der Waals surface area (Å²) in [5.41, 5.74) is 4.60. The molecule has 3 N–H and O–H groups in total. The quantitative estimate of drug-likeness (QED) is 0.523. The summed E-state index contributed by atoms with van der Waals surface area (Å²) < 4.78 is 10.8. The van der Waals surface area contributed by atoms with Crippen molar-refractivity contribution in [2.24, 2.45) is 5.92 Å². The summed E-state index contributed by atoms with van der Waals surface area (Å²) in [5, 5.41) is 14.7. The van der Waals surface area contributed by atoms with Crippen molar-refractivity contribution in [1.29, 1.82) is 0 Å². The number of benzene rings is 2. The van der Waals surface area contributed by atoms with E-state index in [2.05, 4.69) is 34.9 Å². The molecule has 2 aromatic carbocycles. The average Bonchev–Trinajstić information content (AvgIpc) is 3.44. The topological polar surface area (TPSA) is 114 Å². The lowest BCUT2D eigenvalue weighted by Crippen LogP contribution is -2.41. The van der Waals surface area contributed by atoms with Crippen molar-refractivity contribution in [2.45, 2.75) is 44.2 Å². The van der Waals surface area contributed by atoms with Gasteiger partial charge in [0, 0.05) is 37.5 Å². The van der Waals surface area contributed by atoms with E-state index < -0.39 is 18.2 Å². The van der Waals surface area contributed by atoms with Gasteiger partial charge >= 0.3 is 12.1 Å². The Labute approximate surface area is 198 Å². The van der Waals surface area contributed by atoms with Crippen molar-refractivity contribution in [2.75, 3.05) is 19.8 Å². The molecule has 3 atom stereocenters. The third-order valence-electron chi connectivity index (χ3n) is 6.61. The summed E-state index contributed by atoms with van der Waals surface area (Å²) in [7, 11) is 0. The number of alkyl carbamates (subject to hydrolysis) is 1. The standard InChI is InChI=1S/C26H30N2O6/c1-2-17(13-23(29)27-14-16-11-12-33-24(16)25(30)31)28-26(32)34-15-22-20-9-5-3-7-18(20)19-8-4-6-10-21(19)22/h3-10,16-17,22,24H,2,11-15H2,1H3,(H,27,29)(H,28,32)(H,30,31)/t16-,17-,24-/m1/s1. The fraction of sp³-hybridized carbons (Fsp3) is 0.423. The highest BCUT2D eigenvalue weighted by molar-refractivity contribution is 5.80. The van der Waals surface area contributed by atoms with Crippen LogP contribution in [0.3, 0.4) is 0 Å². The number of carbonyl (C=O) groups excluding carboxylic acids is 2. The Bertz CT molecular complexity index is 1010. The van der Waals surface area contributed by atoms with Crippen molar-refractivity contribution in [3.8, 4) is 11.1 Å². The van der Waals surface area contributed by atoms with Gasteiger partial charge in [-0.25, -0.2) is 9.59 Å². The highest BCUT2D eigenvalue weighted by atomic mass is 16.5. The molecule has 0 spiro atoms. The Morgan fingerprint density at radius 1 is 1.09 bits per heavy atom. The maximum atomic E-state index is 12.5. The van der Waals surface area contributed by atoms with Crippen LogP contribution in [0.15, 0.2) is 48.5 Å². The second-order valence-corrected chi connectivity index (χ2v) is 8.76. The first-order valence-corrected chi connectivity index (χ1v) is 11.7. The molecule has 8 heteroatoms. The van der Waals surface area contributed by atoms with Crippen molar-refractivity contribution in [1.82, 2.24) is 10.6 Å². The zero-order valence-corrected chi connectivity index (χ0v) is 19.2. The fourth-order valence-corrected chi connectivity index (χ4v) is 4.76. The molecule has 4 rings (SSSR count). The molecule has 1 saturated heterocycles. The Morgan fingerprint density at radius 3 is 2.35 bits per heavy atom. The van der Waals surface area contributed by atoms with E-state index >= 15 is 0 Å². The SMILES string of the molecule is CC[C@H](CC(=O)NC[C@H]1CCO[C@H]1C(=O)O)NC(=O)OCC1c2ccccc2-c2ccccc21. The Balaban J connectivity index is 1.27. The van der Waals surface area contributed by atoms with Crippen LogP contribution in [0.5, 0.6) is 0 Å². The molecule has 1 heterocycles. The summed E-state index contributed by atoms with van der Waals surface area (Å²) in [6.07, 6.45) is -0.210. The molecule has 180 valence electrons. The van der Waals surface area contributed by atoms with Crippen LogP contribution in [0, 0.1) is 5.92 Å². The minimum absolute atomic E-state index is 0.0302. The normalized spacial score (nSPS) is 19.7. The van der Waals surface area contributed by atoms with Crippen LogP contribution in [0.2, 0.25) is 0 Å². The molecule has 0 saturated carbocycles. The van der Waals surface area contributed by atoms with E-state index in [4.69, 9.17) is 9.47 Å². The minimum atomic E-state index is -1.01. The predicted molar refractivity (Wildman–Crippen MR) is 125 cm³/mol. The van der Waals surface area contributed by atoms with E-state index in [0.717, 1.165) is 22.3 Å². The van der Waals surface area contributed by atoms with E-state index in [0.29, 0.717) is 19.4 Å². The smallest absolute Gasteiger partial charge is 0.407 e. The maximum absolute atomic E-state index is 12.5. The zero-order chi connectivity index (χ0) is 24.1. The number of ether oxygens (including phenoxy) is 2. The predicted octanol–water partition coefficient (Wildman–Crippen LogP) is 3.30. The van der Waals surface area contributed by atoms with Crippen molar-refractivity contribution in [3.05, 3.63) is 59.7 Å². The number of carbonyl (C=O) groups is 3. The zero-order valence-electron chi connectivity index (χ0n) is 19.2. The first-order valence-electron chi connectivity index (χ1n) is 11.7. The minimum Gasteiger partial charge on any atom is -0.479 e. The fourth-order valence-electron chi connectivity index (χ4n) is 4.76. The number of nitrogens with one attached hydrogen (secondary N) is 2. The molecule has 8 nitrogen and oxygen atoms in total. The van der Waals surface area contributed by atoms with Crippen LogP contribution in [0.1, 0.15) is 43.2 Å². The van der Waals surface area contributed by atoms with Crippen molar-refractivity contribution in [3.63, 3.8) is 0 Å². The number of fused-ring (bicyclic) bond motifs is 3. The molecule has 1 aliphatic carbocycles. The van der Waals surface area contributed by atoms with E-state index in [1.54, 1.807) is 0 Å². The van der Waals surface area contributed by atoms with E-state index in [-0.39, 0.29) is 43.4 Å². The highest BCUT2D eigenvalue weighted by Crippen LogP contribution is 2.44. The third-order valence-corrected chi connectivity index (χ3v) is 6.61. The molecule has 34 heavy (non-hydrogen) atoms. The monoisotopic (exact) mass is 466 g/mol. The molecule has 0 radical (unpaired) electrons. The molecule has 0 aromatic heterocycles. The molecule has 0 unspecified atom stereocenters. The van der Waals surface area contributed by atoms with E-state index in [1.165, 1.54) is 0 Å². The largest absolute Gasteiger partial charge is 0.479 e. The lowest BCUT2D eigenvalue weighted by Gasteiger charge is -2.20. The molecular formula is C26H30N2O6. The van der Waals surface area contributed by atoms with Gasteiger partial charge in [0.25, 0.3) is 0 Å². The second kappa shape index (κ2) is 10.7.